The fourth-order valence-electron chi connectivity index (χ4n) is 3.30. The van der Waals surface area contributed by atoms with Crippen molar-refractivity contribution in [1.82, 2.24) is 0 Å². The van der Waals surface area contributed by atoms with Crippen LogP contribution in [0.3, 0.4) is 0 Å². The molecule has 0 aromatic rings. The van der Waals surface area contributed by atoms with E-state index in [0.717, 1.165) is 23.9 Å². The van der Waals surface area contributed by atoms with Crippen molar-refractivity contribution in [3.63, 3.8) is 0 Å². The molecule has 2 fully saturated rings. The molecule has 0 heterocycles. The standard InChI is InChI=1S/C12H22O/c1-10-3-5-12(6-4-10)7-11(8-12)9-13-2/h10-11H,3-9H2,1-2H3. The van der Waals surface area contributed by atoms with Crippen LogP contribution in [0.25, 0.3) is 0 Å². The molecule has 76 valence electrons. The van der Waals surface area contributed by atoms with E-state index >= 15 is 0 Å². The van der Waals surface area contributed by atoms with Crippen LogP contribution in [0.2, 0.25) is 0 Å². The van der Waals surface area contributed by atoms with E-state index in [9.17, 15) is 0 Å². The number of ether oxygens (including phenoxy) is 1. The van der Waals surface area contributed by atoms with E-state index in [1.807, 2.05) is 7.11 Å². The van der Waals surface area contributed by atoms with E-state index in [1.54, 1.807) is 0 Å². The van der Waals surface area contributed by atoms with E-state index in [4.69, 9.17) is 4.74 Å². The van der Waals surface area contributed by atoms with Crippen LogP contribution in [0.5, 0.6) is 0 Å². The summed E-state index contributed by atoms with van der Waals surface area (Å²) < 4.78 is 5.20. The Bertz CT molecular complexity index is 160. The van der Waals surface area contributed by atoms with Gasteiger partial charge in [-0.15, -0.1) is 0 Å². The van der Waals surface area contributed by atoms with Crippen LogP contribution in [0.15, 0.2) is 0 Å². The first-order chi connectivity index (χ1) is 6.24. The van der Waals surface area contributed by atoms with Gasteiger partial charge in [0.05, 0.1) is 0 Å². The highest BCUT2D eigenvalue weighted by Crippen LogP contribution is 2.55. The molecule has 0 unspecified atom stereocenters. The molecule has 2 aliphatic carbocycles. The number of hydrogen-bond acceptors (Lipinski definition) is 1. The lowest BCUT2D eigenvalue weighted by atomic mass is 9.55. The summed E-state index contributed by atoms with van der Waals surface area (Å²) in [6.07, 6.45) is 8.84. The normalized spacial score (nSPS) is 44.8. The number of hydrogen-bond donors (Lipinski definition) is 0. The summed E-state index contributed by atoms with van der Waals surface area (Å²) >= 11 is 0. The third-order valence-electron chi connectivity index (χ3n) is 4.18. The Labute approximate surface area is 81.9 Å². The third kappa shape index (κ3) is 1.90. The molecule has 1 spiro atoms. The highest BCUT2D eigenvalue weighted by Gasteiger charge is 2.44. The monoisotopic (exact) mass is 182 g/mol. The van der Waals surface area contributed by atoms with Gasteiger partial charge in [0, 0.05) is 13.7 Å². The average molecular weight is 182 g/mol. The Morgan fingerprint density at radius 1 is 1.23 bits per heavy atom. The van der Waals surface area contributed by atoms with Crippen molar-refractivity contribution in [2.45, 2.75) is 45.4 Å². The molecule has 0 atom stereocenters. The first-order valence-electron chi connectivity index (χ1n) is 5.73. The number of methoxy groups -OCH3 is 1. The van der Waals surface area contributed by atoms with Gasteiger partial charge in [-0.3, -0.25) is 0 Å². The molecule has 1 heteroatoms. The Hall–Kier alpha value is -0.0400. The Morgan fingerprint density at radius 3 is 2.38 bits per heavy atom. The van der Waals surface area contributed by atoms with Crippen LogP contribution in [-0.2, 0) is 4.74 Å². The summed E-state index contributed by atoms with van der Waals surface area (Å²) in [5.74, 6) is 1.88. The Morgan fingerprint density at radius 2 is 1.85 bits per heavy atom. The zero-order valence-electron chi connectivity index (χ0n) is 9.01. The minimum absolute atomic E-state index is 0.774. The molecule has 0 radical (unpaired) electrons. The van der Waals surface area contributed by atoms with E-state index in [1.165, 1.54) is 38.5 Å². The van der Waals surface area contributed by atoms with Crippen LogP contribution >= 0.6 is 0 Å². The molecule has 0 bridgehead atoms. The molecule has 2 saturated carbocycles. The molecule has 0 amide bonds. The van der Waals surface area contributed by atoms with Crippen LogP contribution in [0.4, 0.5) is 0 Å². The summed E-state index contributed by atoms with van der Waals surface area (Å²) in [5.41, 5.74) is 0.774. The summed E-state index contributed by atoms with van der Waals surface area (Å²) in [6.45, 7) is 3.40. The molecular weight excluding hydrogens is 160 g/mol. The fraction of sp³-hybridized carbons (Fsp3) is 1.00. The summed E-state index contributed by atoms with van der Waals surface area (Å²) in [7, 11) is 1.83. The third-order valence-corrected chi connectivity index (χ3v) is 4.18. The maximum absolute atomic E-state index is 5.20. The fourth-order valence-corrected chi connectivity index (χ4v) is 3.30. The lowest BCUT2D eigenvalue weighted by Gasteiger charge is -2.51. The number of rotatable bonds is 2. The van der Waals surface area contributed by atoms with Gasteiger partial charge in [0.1, 0.15) is 0 Å². The van der Waals surface area contributed by atoms with Crippen molar-refractivity contribution in [2.24, 2.45) is 17.3 Å². The zero-order valence-corrected chi connectivity index (χ0v) is 9.01. The van der Waals surface area contributed by atoms with Gasteiger partial charge in [0.15, 0.2) is 0 Å². The molecule has 0 N–H and O–H groups in total. The minimum atomic E-state index is 0.774. The van der Waals surface area contributed by atoms with E-state index in [2.05, 4.69) is 6.92 Å². The molecule has 0 aromatic heterocycles. The van der Waals surface area contributed by atoms with E-state index < -0.39 is 0 Å². The minimum Gasteiger partial charge on any atom is -0.384 e. The molecule has 2 aliphatic rings. The summed E-state index contributed by atoms with van der Waals surface area (Å²) in [6, 6.07) is 0. The quantitative estimate of drug-likeness (QED) is 0.637. The van der Waals surface area contributed by atoms with Crippen molar-refractivity contribution in [3.8, 4) is 0 Å². The molecular formula is C12H22O. The second-order valence-corrected chi connectivity index (χ2v) is 5.41. The van der Waals surface area contributed by atoms with Crippen LogP contribution in [0.1, 0.15) is 45.4 Å². The predicted octanol–water partition coefficient (Wildman–Crippen LogP) is 3.24. The second kappa shape index (κ2) is 3.61. The van der Waals surface area contributed by atoms with Gasteiger partial charge in [-0.1, -0.05) is 19.8 Å². The maximum atomic E-state index is 5.20. The van der Waals surface area contributed by atoms with E-state index in [0.29, 0.717) is 0 Å². The molecule has 0 aliphatic heterocycles. The second-order valence-electron chi connectivity index (χ2n) is 5.41. The van der Waals surface area contributed by atoms with Gasteiger partial charge in [0.2, 0.25) is 0 Å². The van der Waals surface area contributed by atoms with Crippen molar-refractivity contribution < 1.29 is 4.74 Å². The largest absolute Gasteiger partial charge is 0.384 e. The van der Waals surface area contributed by atoms with Crippen molar-refractivity contribution in [3.05, 3.63) is 0 Å². The summed E-state index contributed by atoms with van der Waals surface area (Å²) in [5, 5.41) is 0. The van der Waals surface area contributed by atoms with Crippen LogP contribution < -0.4 is 0 Å². The first-order valence-corrected chi connectivity index (χ1v) is 5.73. The molecule has 0 saturated heterocycles. The highest BCUT2D eigenvalue weighted by molar-refractivity contribution is 4.95. The van der Waals surface area contributed by atoms with E-state index in [-0.39, 0.29) is 0 Å². The molecule has 0 aromatic carbocycles. The van der Waals surface area contributed by atoms with Gasteiger partial charge < -0.3 is 4.74 Å². The van der Waals surface area contributed by atoms with Crippen LogP contribution in [-0.4, -0.2) is 13.7 Å². The van der Waals surface area contributed by atoms with Crippen molar-refractivity contribution >= 4 is 0 Å². The Kier molecular flexibility index (Phi) is 2.64. The average Bonchev–Trinajstić information content (AvgIpc) is 2.07. The molecule has 2 rings (SSSR count). The maximum Gasteiger partial charge on any atom is 0.0490 e. The predicted molar refractivity (Wildman–Crippen MR) is 54.7 cm³/mol. The summed E-state index contributed by atoms with van der Waals surface area (Å²) in [4.78, 5) is 0. The zero-order chi connectivity index (χ0) is 9.31. The molecule has 1 nitrogen and oxygen atoms in total. The Balaban J connectivity index is 1.76. The van der Waals surface area contributed by atoms with Crippen molar-refractivity contribution in [2.75, 3.05) is 13.7 Å². The smallest absolute Gasteiger partial charge is 0.0490 e. The lowest BCUT2D eigenvalue weighted by molar-refractivity contribution is -0.0316. The van der Waals surface area contributed by atoms with Gasteiger partial charge in [-0.05, 0) is 42.9 Å². The van der Waals surface area contributed by atoms with Gasteiger partial charge >= 0.3 is 0 Å². The van der Waals surface area contributed by atoms with Gasteiger partial charge in [-0.25, -0.2) is 0 Å². The lowest BCUT2D eigenvalue weighted by Crippen LogP contribution is -2.41. The highest BCUT2D eigenvalue weighted by atomic mass is 16.5. The topological polar surface area (TPSA) is 9.23 Å². The first kappa shape index (κ1) is 9.51. The SMILES string of the molecule is COCC1CC2(CCC(C)CC2)C1. The van der Waals surface area contributed by atoms with Gasteiger partial charge in [-0.2, -0.15) is 0 Å². The molecule has 13 heavy (non-hydrogen) atoms. The van der Waals surface area contributed by atoms with Crippen LogP contribution in [0, 0.1) is 17.3 Å². The van der Waals surface area contributed by atoms with Crippen molar-refractivity contribution in [1.29, 1.82) is 0 Å². The van der Waals surface area contributed by atoms with Gasteiger partial charge in [0.25, 0.3) is 0 Å².